The Kier molecular flexibility index (Phi) is 3.61. The van der Waals surface area contributed by atoms with Crippen molar-refractivity contribution >= 4 is 27.3 Å². The molecule has 0 fully saturated rings. The third-order valence-corrected chi connectivity index (χ3v) is 3.60. The predicted octanol–water partition coefficient (Wildman–Crippen LogP) is 3.74. The van der Waals surface area contributed by atoms with Gasteiger partial charge in [0.15, 0.2) is 4.67 Å². The van der Waals surface area contributed by atoms with Crippen LogP contribution >= 0.6 is 27.3 Å². The molecule has 0 amide bonds. The van der Waals surface area contributed by atoms with Gasteiger partial charge < -0.3 is 10.2 Å². The van der Waals surface area contributed by atoms with E-state index in [-0.39, 0.29) is 6.04 Å². The predicted molar refractivity (Wildman–Crippen MR) is 66.0 cm³/mol. The second-order valence-corrected chi connectivity index (χ2v) is 5.18. The normalized spacial score (nSPS) is 12.9. The molecule has 1 unspecified atom stereocenters. The zero-order chi connectivity index (χ0) is 10.7. The van der Waals surface area contributed by atoms with Crippen LogP contribution in [0.2, 0.25) is 0 Å². The highest BCUT2D eigenvalue weighted by atomic mass is 79.9. The molecule has 4 heteroatoms. The first-order chi connectivity index (χ1) is 7.25. The number of furan rings is 1. The third-order valence-electron chi connectivity index (χ3n) is 2.24. The molecular weight excluding hydrogens is 274 g/mol. The fraction of sp³-hybridized carbons (Fsp3) is 0.273. The van der Waals surface area contributed by atoms with Gasteiger partial charge >= 0.3 is 0 Å². The van der Waals surface area contributed by atoms with Crippen LogP contribution in [0.25, 0.3) is 0 Å². The molecule has 2 nitrogen and oxygen atoms in total. The molecule has 15 heavy (non-hydrogen) atoms. The Balaban J connectivity index is 1.90. The lowest BCUT2D eigenvalue weighted by Crippen LogP contribution is -2.09. The Bertz CT molecular complexity index is 410. The van der Waals surface area contributed by atoms with E-state index in [0.717, 1.165) is 23.3 Å². The minimum absolute atomic E-state index is 0.0154. The SMILES string of the molecule is NC(CCc1cccs1)c1ccc(Br)o1. The maximum Gasteiger partial charge on any atom is 0.169 e. The van der Waals surface area contributed by atoms with Crippen molar-refractivity contribution < 1.29 is 4.42 Å². The first-order valence-electron chi connectivity index (χ1n) is 4.79. The summed E-state index contributed by atoms with van der Waals surface area (Å²) in [5, 5.41) is 2.09. The van der Waals surface area contributed by atoms with Crippen molar-refractivity contribution in [3.05, 3.63) is 45.0 Å². The van der Waals surface area contributed by atoms with Crippen LogP contribution in [0, 0.1) is 0 Å². The van der Waals surface area contributed by atoms with Crippen LogP contribution in [-0.4, -0.2) is 0 Å². The molecule has 0 saturated carbocycles. The minimum atomic E-state index is -0.0154. The van der Waals surface area contributed by atoms with E-state index in [0.29, 0.717) is 0 Å². The summed E-state index contributed by atoms with van der Waals surface area (Å²) in [5.41, 5.74) is 6.01. The Hall–Kier alpha value is -0.580. The largest absolute Gasteiger partial charge is 0.453 e. The van der Waals surface area contributed by atoms with Gasteiger partial charge in [-0.05, 0) is 52.4 Å². The van der Waals surface area contributed by atoms with E-state index >= 15 is 0 Å². The highest BCUT2D eigenvalue weighted by Crippen LogP contribution is 2.23. The molecule has 0 radical (unpaired) electrons. The lowest BCUT2D eigenvalue weighted by molar-refractivity contribution is 0.438. The molecule has 2 aromatic rings. The Morgan fingerprint density at radius 3 is 2.87 bits per heavy atom. The van der Waals surface area contributed by atoms with E-state index in [1.807, 2.05) is 12.1 Å². The number of halogens is 1. The number of hydrogen-bond donors (Lipinski definition) is 1. The van der Waals surface area contributed by atoms with Gasteiger partial charge in [0, 0.05) is 4.88 Å². The molecule has 0 saturated heterocycles. The van der Waals surface area contributed by atoms with Gasteiger partial charge in [0.25, 0.3) is 0 Å². The lowest BCUT2D eigenvalue weighted by Gasteiger charge is -2.06. The van der Waals surface area contributed by atoms with Gasteiger partial charge in [-0.2, -0.15) is 0 Å². The molecular formula is C11H12BrNOS. The van der Waals surface area contributed by atoms with E-state index < -0.39 is 0 Å². The van der Waals surface area contributed by atoms with E-state index in [1.165, 1.54) is 4.88 Å². The van der Waals surface area contributed by atoms with Crippen molar-refractivity contribution in [2.24, 2.45) is 5.73 Å². The van der Waals surface area contributed by atoms with Crippen molar-refractivity contribution in [3.8, 4) is 0 Å². The van der Waals surface area contributed by atoms with Gasteiger partial charge in [-0.3, -0.25) is 0 Å². The van der Waals surface area contributed by atoms with Crippen LogP contribution < -0.4 is 5.73 Å². The fourth-order valence-electron chi connectivity index (χ4n) is 1.42. The van der Waals surface area contributed by atoms with Gasteiger partial charge in [-0.25, -0.2) is 0 Å². The quantitative estimate of drug-likeness (QED) is 0.930. The number of rotatable bonds is 4. The van der Waals surface area contributed by atoms with Gasteiger partial charge in [0.05, 0.1) is 6.04 Å². The Morgan fingerprint density at radius 2 is 2.27 bits per heavy atom. The average Bonchev–Trinajstić information content (AvgIpc) is 2.84. The Morgan fingerprint density at radius 1 is 1.40 bits per heavy atom. The Labute approximate surface area is 101 Å². The molecule has 80 valence electrons. The van der Waals surface area contributed by atoms with Crippen LogP contribution in [0.15, 0.2) is 38.7 Å². The van der Waals surface area contributed by atoms with Gasteiger partial charge in [0.1, 0.15) is 5.76 Å². The van der Waals surface area contributed by atoms with Gasteiger partial charge in [-0.15, -0.1) is 11.3 Å². The zero-order valence-electron chi connectivity index (χ0n) is 8.15. The van der Waals surface area contributed by atoms with Gasteiger partial charge in [0.2, 0.25) is 0 Å². The molecule has 0 aliphatic rings. The summed E-state index contributed by atoms with van der Waals surface area (Å²) in [5.74, 6) is 0.846. The molecule has 2 aromatic heterocycles. The summed E-state index contributed by atoms with van der Waals surface area (Å²) in [6, 6.07) is 7.98. The summed E-state index contributed by atoms with van der Waals surface area (Å²) in [6.07, 6.45) is 1.93. The summed E-state index contributed by atoms with van der Waals surface area (Å²) >= 11 is 5.04. The van der Waals surface area contributed by atoms with Crippen LogP contribution in [0.4, 0.5) is 0 Å². The summed E-state index contributed by atoms with van der Waals surface area (Å²) in [4.78, 5) is 1.37. The maximum absolute atomic E-state index is 6.01. The van der Waals surface area contributed by atoms with Crippen molar-refractivity contribution in [1.82, 2.24) is 0 Å². The maximum atomic E-state index is 6.01. The summed E-state index contributed by atoms with van der Waals surface area (Å²) < 4.78 is 6.15. The zero-order valence-corrected chi connectivity index (χ0v) is 10.6. The van der Waals surface area contributed by atoms with Crippen molar-refractivity contribution in [2.45, 2.75) is 18.9 Å². The fourth-order valence-corrected chi connectivity index (χ4v) is 2.47. The molecule has 2 N–H and O–H groups in total. The minimum Gasteiger partial charge on any atom is -0.453 e. The summed E-state index contributed by atoms with van der Waals surface area (Å²) in [6.45, 7) is 0. The number of thiophene rings is 1. The summed E-state index contributed by atoms with van der Waals surface area (Å²) in [7, 11) is 0. The number of nitrogens with two attached hydrogens (primary N) is 1. The van der Waals surface area contributed by atoms with Crippen LogP contribution in [0.1, 0.15) is 23.1 Å². The topological polar surface area (TPSA) is 39.2 Å². The van der Waals surface area contributed by atoms with E-state index in [2.05, 4.69) is 33.4 Å². The monoisotopic (exact) mass is 285 g/mol. The molecule has 0 aliphatic carbocycles. The standard InChI is InChI=1S/C11H12BrNOS/c12-11-6-5-10(14-11)9(13)4-3-8-2-1-7-15-8/h1-2,5-7,9H,3-4,13H2. The van der Waals surface area contributed by atoms with E-state index in [9.17, 15) is 0 Å². The molecule has 2 heterocycles. The first kappa shape index (κ1) is 10.9. The van der Waals surface area contributed by atoms with Crippen LogP contribution in [0.3, 0.4) is 0 Å². The highest BCUT2D eigenvalue weighted by molar-refractivity contribution is 9.10. The van der Waals surface area contributed by atoms with Crippen molar-refractivity contribution in [3.63, 3.8) is 0 Å². The lowest BCUT2D eigenvalue weighted by atomic mass is 10.1. The van der Waals surface area contributed by atoms with Crippen molar-refractivity contribution in [1.29, 1.82) is 0 Å². The van der Waals surface area contributed by atoms with Crippen molar-refractivity contribution in [2.75, 3.05) is 0 Å². The molecule has 0 aliphatic heterocycles. The van der Waals surface area contributed by atoms with E-state index in [4.69, 9.17) is 10.2 Å². The average molecular weight is 286 g/mol. The van der Waals surface area contributed by atoms with E-state index in [1.54, 1.807) is 11.3 Å². The molecule has 0 bridgehead atoms. The smallest absolute Gasteiger partial charge is 0.169 e. The highest BCUT2D eigenvalue weighted by Gasteiger charge is 2.10. The second-order valence-electron chi connectivity index (χ2n) is 3.37. The van der Waals surface area contributed by atoms with Gasteiger partial charge in [-0.1, -0.05) is 6.07 Å². The molecule has 0 spiro atoms. The number of aryl methyl sites for hydroxylation is 1. The molecule has 1 atom stereocenters. The third kappa shape index (κ3) is 2.93. The first-order valence-corrected chi connectivity index (χ1v) is 6.46. The van der Waals surface area contributed by atoms with Crippen LogP contribution in [0.5, 0.6) is 0 Å². The number of hydrogen-bond acceptors (Lipinski definition) is 3. The second kappa shape index (κ2) is 4.96. The molecule has 0 aromatic carbocycles. The molecule has 2 rings (SSSR count). The van der Waals surface area contributed by atoms with Crippen LogP contribution in [-0.2, 0) is 6.42 Å².